The summed E-state index contributed by atoms with van der Waals surface area (Å²) in [6.45, 7) is 1.95. The minimum atomic E-state index is 0.668. The van der Waals surface area contributed by atoms with E-state index in [1.807, 2.05) is 24.3 Å². The van der Waals surface area contributed by atoms with E-state index in [9.17, 15) is 0 Å². The van der Waals surface area contributed by atoms with Crippen molar-refractivity contribution in [3.8, 4) is 0 Å². The van der Waals surface area contributed by atoms with Gasteiger partial charge in [0.15, 0.2) is 5.11 Å². The van der Waals surface area contributed by atoms with Crippen LogP contribution in [-0.4, -0.2) is 37.2 Å². The van der Waals surface area contributed by atoms with Gasteiger partial charge in [-0.1, -0.05) is 22.0 Å². The van der Waals surface area contributed by atoms with Gasteiger partial charge < -0.3 is 15.5 Å². The highest BCUT2D eigenvalue weighted by Crippen LogP contribution is 2.15. The fourth-order valence-corrected chi connectivity index (χ4v) is 1.96. The lowest BCUT2D eigenvalue weighted by atomic mass is 10.3. The summed E-state index contributed by atoms with van der Waals surface area (Å²) in [5.74, 6) is 0. The van der Waals surface area contributed by atoms with Crippen LogP contribution in [0.5, 0.6) is 0 Å². The van der Waals surface area contributed by atoms with Crippen molar-refractivity contribution >= 4 is 38.9 Å². The second kappa shape index (κ2) is 7.63. The van der Waals surface area contributed by atoms with E-state index in [2.05, 4.69) is 45.6 Å². The lowest BCUT2D eigenvalue weighted by Gasteiger charge is -2.12. The summed E-state index contributed by atoms with van der Waals surface area (Å²) in [5.41, 5.74) is 0.990. The predicted octanol–water partition coefficient (Wildman–Crippen LogP) is 2.69. The number of thiocarbonyl (C=S) groups is 1. The van der Waals surface area contributed by atoms with Crippen molar-refractivity contribution in [1.82, 2.24) is 10.2 Å². The molecule has 0 fully saturated rings. The Morgan fingerprint density at radius 2 is 2.18 bits per heavy atom. The molecule has 0 aliphatic carbocycles. The van der Waals surface area contributed by atoms with Crippen molar-refractivity contribution in [2.24, 2.45) is 0 Å². The first-order chi connectivity index (χ1) is 8.08. The SMILES string of the molecule is CN(C)CCCNC(=S)Nc1cccc(Br)c1. The van der Waals surface area contributed by atoms with Crippen LogP contribution in [0, 0.1) is 0 Å². The standard InChI is InChI=1S/C12H18BrN3S/c1-16(2)8-4-7-14-12(17)15-11-6-3-5-10(13)9-11/h3,5-6,9H,4,7-8H2,1-2H3,(H2,14,15,17). The molecule has 0 saturated heterocycles. The van der Waals surface area contributed by atoms with Crippen molar-refractivity contribution in [3.05, 3.63) is 28.7 Å². The van der Waals surface area contributed by atoms with E-state index in [-0.39, 0.29) is 0 Å². The molecule has 2 N–H and O–H groups in total. The summed E-state index contributed by atoms with van der Waals surface area (Å²) in [7, 11) is 4.14. The van der Waals surface area contributed by atoms with Gasteiger partial charge in [-0.3, -0.25) is 0 Å². The number of nitrogens with one attached hydrogen (secondary N) is 2. The molecule has 0 heterocycles. The third kappa shape index (κ3) is 6.61. The zero-order chi connectivity index (χ0) is 12.7. The molecule has 0 radical (unpaired) electrons. The molecule has 0 aliphatic heterocycles. The van der Waals surface area contributed by atoms with Crippen LogP contribution in [0.15, 0.2) is 28.7 Å². The van der Waals surface area contributed by atoms with Crippen LogP contribution in [0.4, 0.5) is 5.69 Å². The Morgan fingerprint density at radius 1 is 1.41 bits per heavy atom. The van der Waals surface area contributed by atoms with E-state index in [1.54, 1.807) is 0 Å². The molecule has 0 unspecified atom stereocenters. The maximum absolute atomic E-state index is 5.21. The first-order valence-corrected chi connectivity index (χ1v) is 6.73. The third-order valence-corrected chi connectivity index (χ3v) is 2.89. The first-order valence-electron chi connectivity index (χ1n) is 5.53. The Labute approximate surface area is 117 Å². The molecule has 0 aliphatic rings. The average molecular weight is 316 g/mol. The lowest BCUT2D eigenvalue weighted by molar-refractivity contribution is 0.400. The fourth-order valence-electron chi connectivity index (χ4n) is 1.34. The van der Waals surface area contributed by atoms with Crippen molar-refractivity contribution in [3.63, 3.8) is 0 Å². The molecule has 17 heavy (non-hydrogen) atoms. The molecule has 94 valence electrons. The van der Waals surface area contributed by atoms with Crippen LogP contribution in [0.2, 0.25) is 0 Å². The molecular weight excluding hydrogens is 298 g/mol. The highest BCUT2D eigenvalue weighted by molar-refractivity contribution is 9.10. The minimum absolute atomic E-state index is 0.668. The molecule has 0 spiro atoms. The summed E-state index contributed by atoms with van der Waals surface area (Å²) in [4.78, 5) is 2.16. The summed E-state index contributed by atoms with van der Waals surface area (Å²) >= 11 is 8.63. The molecule has 3 nitrogen and oxygen atoms in total. The molecule has 0 aromatic heterocycles. The molecule has 0 atom stereocenters. The second-order valence-electron chi connectivity index (χ2n) is 4.05. The lowest BCUT2D eigenvalue weighted by Crippen LogP contribution is -2.30. The maximum Gasteiger partial charge on any atom is 0.170 e. The molecule has 5 heteroatoms. The van der Waals surface area contributed by atoms with E-state index in [0.29, 0.717) is 5.11 Å². The smallest absolute Gasteiger partial charge is 0.170 e. The zero-order valence-corrected chi connectivity index (χ0v) is 12.6. The van der Waals surface area contributed by atoms with E-state index >= 15 is 0 Å². The van der Waals surface area contributed by atoms with Gasteiger partial charge in [-0.2, -0.15) is 0 Å². The Hall–Kier alpha value is -0.650. The van der Waals surface area contributed by atoms with Crippen LogP contribution in [-0.2, 0) is 0 Å². The molecule has 0 bridgehead atoms. The summed E-state index contributed by atoms with van der Waals surface area (Å²) < 4.78 is 1.04. The highest BCUT2D eigenvalue weighted by atomic mass is 79.9. The van der Waals surface area contributed by atoms with Crippen LogP contribution in [0.25, 0.3) is 0 Å². The molecule has 1 rings (SSSR count). The number of benzene rings is 1. The Kier molecular flexibility index (Phi) is 6.47. The van der Waals surface area contributed by atoms with Crippen molar-refractivity contribution in [2.75, 3.05) is 32.5 Å². The van der Waals surface area contributed by atoms with Crippen LogP contribution >= 0.6 is 28.1 Å². The number of rotatable bonds is 5. The topological polar surface area (TPSA) is 27.3 Å². The van der Waals surface area contributed by atoms with Gasteiger partial charge in [0.2, 0.25) is 0 Å². The largest absolute Gasteiger partial charge is 0.362 e. The van der Waals surface area contributed by atoms with Gasteiger partial charge in [0, 0.05) is 16.7 Å². The number of hydrogen-bond acceptors (Lipinski definition) is 2. The van der Waals surface area contributed by atoms with Gasteiger partial charge >= 0.3 is 0 Å². The van der Waals surface area contributed by atoms with E-state index in [0.717, 1.165) is 29.7 Å². The Morgan fingerprint density at radius 3 is 2.82 bits per heavy atom. The van der Waals surface area contributed by atoms with E-state index in [4.69, 9.17) is 12.2 Å². The Balaban J connectivity index is 2.25. The molecule has 0 saturated carbocycles. The Bertz CT molecular complexity index is 369. The quantitative estimate of drug-likeness (QED) is 0.645. The number of halogens is 1. The van der Waals surface area contributed by atoms with Crippen molar-refractivity contribution in [2.45, 2.75) is 6.42 Å². The molecule has 1 aromatic carbocycles. The number of anilines is 1. The normalized spacial score (nSPS) is 10.4. The van der Waals surface area contributed by atoms with Gasteiger partial charge in [-0.05, 0) is 57.5 Å². The third-order valence-electron chi connectivity index (χ3n) is 2.15. The minimum Gasteiger partial charge on any atom is -0.362 e. The summed E-state index contributed by atoms with van der Waals surface area (Å²) in [6.07, 6.45) is 1.08. The van der Waals surface area contributed by atoms with Gasteiger partial charge in [0.1, 0.15) is 0 Å². The molecule has 1 aromatic rings. The monoisotopic (exact) mass is 315 g/mol. The van der Waals surface area contributed by atoms with Crippen LogP contribution in [0.1, 0.15) is 6.42 Å². The number of hydrogen-bond donors (Lipinski definition) is 2. The summed E-state index contributed by atoms with van der Waals surface area (Å²) in [5, 5.41) is 7.00. The van der Waals surface area contributed by atoms with Gasteiger partial charge in [0.05, 0.1) is 0 Å². The van der Waals surface area contributed by atoms with Crippen molar-refractivity contribution in [1.29, 1.82) is 0 Å². The fraction of sp³-hybridized carbons (Fsp3) is 0.417. The highest BCUT2D eigenvalue weighted by Gasteiger charge is 1.98. The van der Waals surface area contributed by atoms with Gasteiger partial charge in [-0.25, -0.2) is 0 Å². The first kappa shape index (κ1) is 14.4. The second-order valence-corrected chi connectivity index (χ2v) is 5.37. The van der Waals surface area contributed by atoms with E-state index < -0.39 is 0 Å². The predicted molar refractivity (Wildman–Crippen MR) is 81.5 cm³/mol. The van der Waals surface area contributed by atoms with Gasteiger partial charge in [-0.15, -0.1) is 0 Å². The maximum atomic E-state index is 5.21. The van der Waals surface area contributed by atoms with Gasteiger partial charge in [0.25, 0.3) is 0 Å². The average Bonchev–Trinajstić information content (AvgIpc) is 2.24. The van der Waals surface area contributed by atoms with E-state index in [1.165, 1.54) is 0 Å². The molecular formula is C12H18BrN3S. The van der Waals surface area contributed by atoms with Crippen LogP contribution < -0.4 is 10.6 Å². The van der Waals surface area contributed by atoms with Crippen LogP contribution in [0.3, 0.4) is 0 Å². The van der Waals surface area contributed by atoms with Crippen molar-refractivity contribution < 1.29 is 0 Å². The molecule has 0 amide bonds. The summed E-state index contributed by atoms with van der Waals surface area (Å²) in [6, 6.07) is 7.94. The zero-order valence-electron chi connectivity index (χ0n) is 10.2. The number of nitrogens with zero attached hydrogens (tertiary/aromatic N) is 1.